The van der Waals surface area contributed by atoms with Gasteiger partial charge < -0.3 is 24.6 Å². The molecule has 3 atom stereocenters. The van der Waals surface area contributed by atoms with Gasteiger partial charge in [-0.3, -0.25) is 13.8 Å². The molecule has 0 aromatic rings. The second-order valence-corrected chi connectivity index (χ2v) is 14.1. The van der Waals surface area contributed by atoms with Crippen molar-refractivity contribution < 1.29 is 43.0 Å². The maximum absolute atomic E-state index is 12.5. The summed E-state index contributed by atoms with van der Waals surface area (Å²) in [5.74, 6) is -0.391. The van der Waals surface area contributed by atoms with Crippen LogP contribution in [0.4, 0.5) is 0 Å². The second-order valence-electron chi connectivity index (χ2n) is 12.6. The Morgan fingerprint density at radius 2 is 1.11 bits per heavy atom. The van der Waals surface area contributed by atoms with Gasteiger partial charge >= 0.3 is 13.8 Å². The predicted octanol–water partition coefficient (Wildman–Crippen LogP) is 9.36. The molecule has 10 heteroatoms. The fraction of sp³-hybridized carbons (Fsp3) is 0.917. The molecule has 0 saturated heterocycles. The summed E-state index contributed by atoms with van der Waals surface area (Å²) >= 11 is 0. The molecular formula is C36H71O9P. The molecule has 0 rings (SSSR count). The molecule has 0 aromatic carbocycles. The Morgan fingerprint density at radius 1 is 0.652 bits per heavy atom. The number of carbonyl (C=O) groups is 1. The zero-order valence-corrected chi connectivity index (χ0v) is 30.4. The predicted molar refractivity (Wildman–Crippen MR) is 187 cm³/mol. The Labute approximate surface area is 281 Å². The van der Waals surface area contributed by atoms with Crippen molar-refractivity contribution in [3.8, 4) is 0 Å². The number of unbranched alkanes of at least 4 members (excludes halogenated alkanes) is 20. The number of aliphatic hydroxyl groups excluding tert-OH is 2. The van der Waals surface area contributed by atoms with Gasteiger partial charge in [0.1, 0.15) is 12.2 Å². The molecule has 0 aliphatic heterocycles. The second kappa shape index (κ2) is 34.1. The van der Waals surface area contributed by atoms with E-state index < -0.39 is 39.2 Å². The average Bonchev–Trinajstić information content (AvgIpc) is 3.04. The minimum absolute atomic E-state index is 0.0504. The monoisotopic (exact) mass is 678 g/mol. The highest BCUT2D eigenvalue weighted by Gasteiger charge is 2.26. The summed E-state index contributed by atoms with van der Waals surface area (Å²) in [6.07, 6.45) is 30.2. The lowest BCUT2D eigenvalue weighted by molar-refractivity contribution is -0.154. The van der Waals surface area contributed by atoms with Gasteiger partial charge in [0.2, 0.25) is 0 Å². The molecule has 0 aliphatic rings. The van der Waals surface area contributed by atoms with Crippen molar-refractivity contribution in [2.24, 2.45) is 0 Å². The standard InChI is InChI=1S/C36H71O9P/c1-3-5-7-9-11-13-15-16-17-18-19-20-22-24-26-28-36(39)45-35(33-44-46(40,41)43-31-34(38)30-37)32-42-29-27-25-23-21-14-12-10-8-6-4-2/h16-17,34-35,37-38H,3-15,18-33H2,1-2H3,(H,40,41)/b17-16-. The summed E-state index contributed by atoms with van der Waals surface area (Å²) in [4.78, 5) is 22.4. The van der Waals surface area contributed by atoms with Crippen molar-refractivity contribution in [3.05, 3.63) is 12.2 Å². The van der Waals surface area contributed by atoms with Crippen LogP contribution in [0.15, 0.2) is 12.2 Å². The normalized spacial score (nSPS) is 14.5. The lowest BCUT2D eigenvalue weighted by Gasteiger charge is -2.20. The third kappa shape index (κ3) is 33.1. The highest BCUT2D eigenvalue weighted by atomic mass is 31.2. The smallest absolute Gasteiger partial charge is 0.457 e. The number of hydrogen-bond donors (Lipinski definition) is 3. The van der Waals surface area contributed by atoms with Crippen LogP contribution < -0.4 is 0 Å². The number of aliphatic hydroxyl groups is 2. The number of rotatable bonds is 36. The number of ether oxygens (including phenoxy) is 2. The molecule has 46 heavy (non-hydrogen) atoms. The Morgan fingerprint density at radius 3 is 1.63 bits per heavy atom. The quantitative estimate of drug-likeness (QED) is 0.0257. The fourth-order valence-corrected chi connectivity index (χ4v) is 5.84. The van der Waals surface area contributed by atoms with Crippen molar-refractivity contribution in [2.75, 3.05) is 33.0 Å². The van der Waals surface area contributed by atoms with E-state index in [1.807, 2.05) is 0 Å². The summed E-state index contributed by atoms with van der Waals surface area (Å²) < 4.78 is 33.1. The number of phosphoric ester groups is 1. The molecule has 3 unspecified atom stereocenters. The molecule has 0 fully saturated rings. The van der Waals surface area contributed by atoms with Gasteiger partial charge in [0, 0.05) is 13.0 Å². The molecule has 274 valence electrons. The van der Waals surface area contributed by atoms with Gasteiger partial charge in [-0.15, -0.1) is 0 Å². The molecule has 0 aliphatic carbocycles. The Bertz CT molecular complexity index is 734. The van der Waals surface area contributed by atoms with E-state index in [0.29, 0.717) is 6.61 Å². The molecule has 9 nitrogen and oxygen atoms in total. The maximum atomic E-state index is 12.5. The Balaban J connectivity index is 4.23. The lowest BCUT2D eigenvalue weighted by atomic mass is 10.1. The molecule has 0 saturated carbocycles. The van der Waals surface area contributed by atoms with Crippen molar-refractivity contribution in [1.82, 2.24) is 0 Å². The van der Waals surface area contributed by atoms with Gasteiger partial charge in [0.05, 0.1) is 26.4 Å². The van der Waals surface area contributed by atoms with Crippen molar-refractivity contribution in [3.63, 3.8) is 0 Å². The minimum atomic E-state index is -4.50. The van der Waals surface area contributed by atoms with Gasteiger partial charge in [-0.05, 0) is 38.5 Å². The van der Waals surface area contributed by atoms with E-state index in [9.17, 15) is 19.4 Å². The summed E-state index contributed by atoms with van der Waals surface area (Å²) in [5, 5.41) is 18.2. The molecule has 0 radical (unpaired) electrons. The molecule has 0 amide bonds. The van der Waals surface area contributed by atoms with E-state index in [-0.39, 0.29) is 19.6 Å². The van der Waals surface area contributed by atoms with Gasteiger partial charge in [-0.25, -0.2) is 4.57 Å². The third-order valence-electron chi connectivity index (χ3n) is 7.95. The summed E-state index contributed by atoms with van der Waals surface area (Å²) in [6.45, 7) is 3.50. The fourth-order valence-electron chi connectivity index (χ4n) is 5.05. The zero-order valence-electron chi connectivity index (χ0n) is 29.6. The van der Waals surface area contributed by atoms with Crippen LogP contribution in [0, 0.1) is 0 Å². The Hall–Kier alpha value is -0.800. The molecule has 0 bridgehead atoms. The minimum Gasteiger partial charge on any atom is -0.457 e. The Kier molecular flexibility index (Phi) is 33.5. The molecular weight excluding hydrogens is 607 g/mol. The molecule has 0 spiro atoms. The summed E-state index contributed by atoms with van der Waals surface area (Å²) in [6, 6.07) is 0. The van der Waals surface area contributed by atoms with Crippen LogP contribution in [0.3, 0.4) is 0 Å². The van der Waals surface area contributed by atoms with Crippen molar-refractivity contribution in [2.45, 2.75) is 180 Å². The first-order chi connectivity index (χ1) is 22.3. The van der Waals surface area contributed by atoms with E-state index in [4.69, 9.17) is 23.6 Å². The van der Waals surface area contributed by atoms with Crippen LogP contribution in [-0.4, -0.2) is 66.3 Å². The third-order valence-corrected chi connectivity index (χ3v) is 8.90. The van der Waals surface area contributed by atoms with Gasteiger partial charge in [-0.1, -0.05) is 135 Å². The lowest BCUT2D eigenvalue weighted by Crippen LogP contribution is -2.29. The first-order valence-electron chi connectivity index (χ1n) is 18.7. The van der Waals surface area contributed by atoms with Gasteiger partial charge in [0.25, 0.3) is 0 Å². The van der Waals surface area contributed by atoms with Crippen LogP contribution in [-0.2, 0) is 27.9 Å². The SMILES string of the molecule is CCCCCCCC/C=C\CCCCCCCC(=O)OC(COCCCCCCCCCCCC)COP(=O)(O)OCC(O)CO. The molecule has 3 N–H and O–H groups in total. The van der Waals surface area contributed by atoms with E-state index in [0.717, 1.165) is 51.4 Å². The maximum Gasteiger partial charge on any atom is 0.472 e. The summed E-state index contributed by atoms with van der Waals surface area (Å²) in [7, 11) is -4.50. The van der Waals surface area contributed by atoms with Crippen LogP contribution in [0.2, 0.25) is 0 Å². The van der Waals surface area contributed by atoms with Gasteiger partial charge in [0.15, 0.2) is 0 Å². The highest BCUT2D eigenvalue weighted by molar-refractivity contribution is 7.47. The highest BCUT2D eigenvalue weighted by Crippen LogP contribution is 2.43. The summed E-state index contributed by atoms with van der Waals surface area (Å²) in [5.41, 5.74) is 0. The molecule has 0 aromatic heterocycles. The van der Waals surface area contributed by atoms with E-state index in [2.05, 4.69) is 26.0 Å². The van der Waals surface area contributed by atoms with Crippen LogP contribution >= 0.6 is 7.82 Å². The molecule has 0 heterocycles. The first-order valence-corrected chi connectivity index (χ1v) is 20.2. The van der Waals surface area contributed by atoms with E-state index in [1.165, 1.54) is 96.3 Å². The largest absolute Gasteiger partial charge is 0.472 e. The number of hydrogen-bond acceptors (Lipinski definition) is 8. The van der Waals surface area contributed by atoms with Crippen molar-refractivity contribution >= 4 is 13.8 Å². The van der Waals surface area contributed by atoms with Gasteiger partial charge in [-0.2, -0.15) is 0 Å². The van der Waals surface area contributed by atoms with E-state index >= 15 is 0 Å². The average molecular weight is 679 g/mol. The van der Waals surface area contributed by atoms with Crippen LogP contribution in [0.5, 0.6) is 0 Å². The zero-order chi connectivity index (χ0) is 34.0. The topological polar surface area (TPSA) is 132 Å². The van der Waals surface area contributed by atoms with Crippen molar-refractivity contribution in [1.29, 1.82) is 0 Å². The number of esters is 1. The van der Waals surface area contributed by atoms with Crippen LogP contribution in [0.1, 0.15) is 168 Å². The first kappa shape index (κ1) is 45.2. The number of carbonyl (C=O) groups excluding carboxylic acids is 1. The number of allylic oxidation sites excluding steroid dienone is 2. The van der Waals surface area contributed by atoms with Crippen LogP contribution in [0.25, 0.3) is 0 Å². The van der Waals surface area contributed by atoms with E-state index in [1.54, 1.807) is 0 Å². The number of phosphoric acid groups is 1.